The molecule has 0 bridgehead atoms. The van der Waals surface area contributed by atoms with Gasteiger partial charge in [0.2, 0.25) is 0 Å². The molecule has 2 heteroatoms. The van der Waals surface area contributed by atoms with Gasteiger partial charge in [0.15, 0.2) is 0 Å². The van der Waals surface area contributed by atoms with E-state index in [1.807, 2.05) is 0 Å². The molecule has 0 aliphatic carbocycles. The third kappa shape index (κ3) is 7.06. The lowest BCUT2D eigenvalue weighted by atomic mass is 9.90. The minimum absolute atomic E-state index is 0.0211. The van der Waals surface area contributed by atoms with Gasteiger partial charge in [0.25, 0.3) is 0 Å². The van der Waals surface area contributed by atoms with E-state index in [0.717, 1.165) is 19.4 Å². The molecule has 0 aliphatic heterocycles. The van der Waals surface area contributed by atoms with Crippen molar-refractivity contribution in [3.8, 4) is 0 Å². The maximum atomic E-state index is 5.54. The van der Waals surface area contributed by atoms with Crippen LogP contribution in [0.25, 0.3) is 0 Å². The molecule has 1 N–H and O–H groups in total. The Morgan fingerprint density at radius 2 is 1.80 bits per heavy atom. The van der Waals surface area contributed by atoms with Gasteiger partial charge in [-0.1, -0.05) is 44.2 Å². The van der Waals surface area contributed by atoms with Gasteiger partial charge < -0.3 is 10.1 Å². The van der Waals surface area contributed by atoms with Gasteiger partial charge in [-0.05, 0) is 51.1 Å². The highest BCUT2D eigenvalue weighted by atomic mass is 16.5. The highest BCUT2D eigenvalue weighted by Gasteiger charge is 2.19. The van der Waals surface area contributed by atoms with Crippen LogP contribution in [0.1, 0.15) is 46.1 Å². The predicted molar refractivity (Wildman–Crippen MR) is 87.1 cm³/mol. The Balaban J connectivity index is 2.55. The third-order valence-corrected chi connectivity index (χ3v) is 3.89. The Morgan fingerprint density at radius 1 is 1.15 bits per heavy atom. The van der Waals surface area contributed by atoms with E-state index in [-0.39, 0.29) is 5.60 Å². The number of hydrogen-bond acceptors (Lipinski definition) is 2. The molecular formula is C18H31NO. The topological polar surface area (TPSA) is 21.3 Å². The fourth-order valence-corrected chi connectivity index (χ4v) is 2.28. The monoisotopic (exact) mass is 277 g/mol. The van der Waals surface area contributed by atoms with Crippen molar-refractivity contribution < 1.29 is 4.74 Å². The Hall–Kier alpha value is -0.860. The van der Waals surface area contributed by atoms with E-state index in [2.05, 4.69) is 63.3 Å². The lowest BCUT2D eigenvalue weighted by Gasteiger charge is -2.26. The first-order valence-corrected chi connectivity index (χ1v) is 7.75. The molecule has 1 atom stereocenters. The van der Waals surface area contributed by atoms with Crippen molar-refractivity contribution in [3.05, 3.63) is 35.9 Å². The van der Waals surface area contributed by atoms with E-state index in [1.54, 1.807) is 7.11 Å². The summed E-state index contributed by atoms with van der Waals surface area (Å²) in [6.45, 7) is 9.83. The van der Waals surface area contributed by atoms with Crippen LogP contribution in [-0.4, -0.2) is 25.3 Å². The summed E-state index contributed by atoms with van der Waals surface area (Å²) in [6, 6.07) is 11.3. The average molecular weight is 277 g/mol. The van der Waals surface area contributed by atoms with Gasteiger partial charge >= 0.3 is 0 Å². The van der Waals surface area contributed by atoms with E-state index in [1.165, 1.54) is 12.0 Å². The van der Waals surface area contributed by atoms with Crippen molar-refractivity contribution in [1.29, 1.82) is 0 Å². The van der Waals surface area contributed by atoms with Crippen LogP contribution in [-0.2, 0) is 11.2 Å². The van der Waals surface area contributed by atoms with E-state index in [4.69, 9.17) is 4.74 Å². The molecule has 0 spiro atoms. The second kappa shape index (κ2) is 8.43. The SMILES string of the molecule is COC(C)(C)CCC(CNC(C)C)Cc1ccccc1. The van der Waals surface area contributed by atoms with Gasteiger partial charge in [0, 0.05) is 13.2 Å². The van der Waals surface area contributed by atoms with E-state index in [0.29, 0.717) is 12.0 Å². The summed E-state index contributed by atoms with van der Waals surface area (Å²) in [5.41, 5.74) is 1.41. The van der Waals surface area contributed by atoms with Crippen molar-refractivity contribution >= 4 is 0 Å². The molecule has 0 heterocycles. The molecule has 0 fully saturated rings. The van der Waals surface area contributed by atoms with Crippen LogP contribution in [0.4, 0.5) is 0 Å². The Labute approximate surface area is 124 Å². The maximum absolute atomic E-state index is 5.54. The Kier molecular flexibility index (Phi) is 7.25. The van der Waals surface area contributed by atoms with E-state index in [9.17, 15) is 0 Å². The van der Waals surface area contributed by atoms with E-state index >= 15 is 0 Å². The van der Waals surface area contributed by atoms with Crippen LogP contribution in [0, 0.1) is 5.92 Å². The lowest BCUT2D eigenvalue weighted by molar-refractivity contribution is 0.0103. The molecule has 0 aromatic heterocycles. The highest BCUT2D eigenvalue weighted by Crippen LogP contribution is 2.21. The summed E-state index contributed by atoms with van der Waals surface area (Å²) in [7, 11) is 1.80. The van der Waals surface area contributed by atoms with Gasteiger partial charge in [0.1, 0.15) is 0 Å². The molecule has 1 aromatic carbocycles. The Morgan fingerprint density at radius 3 is 2.35 bits per heavy atom. The van der Waals surface area contributed by atoms with E-state index < -0.39 is 0 Å². The summed E-state index contributed by atoms with van der Waals surface area (Å²) in [4.78, 5) is 0. The molecule has 2 nitrogen and oxygen atoms in total. The smallest absolute Gasteiger partial charge is 0.0622 e. The van der Waals surface area contributed by atoms with Crippen molar-refractivity contribution in [2.45, 2.75) is 58.6 Å². The number of hydrogen-bond donors (Lipinski definition) is 1. The molecule has 1 unspecified atom stereocenters. The number of rotatable bonds is 9. The summed E-state index contributed by atoms with van der Waals surface area (Å²) in [5, 5.41) is 3.58. The van der Waals surface area contributed by atoms with Crippen molar-refractivity contribution in [2.24, 2.45) is 5.92 Å². The van der Waals surface area contributed by atoms with Gasteiger partial charge in [-0.3, -0.25) is 0 Å². The maximum Gasteiger partial charge on any atom is 0.0622 e. The molecule has 1 rings (SSSR count). The molecule has 0 radical (unpaired) electrons. The first-order valence-electron chi connectivity index (χ1n) is 7.75. The molecule has 0 aliphatic rings. The molecule has 0 saturated heterocycles. The number of ether oxygens (including phenoxy) is 1. The fraction of sp³-hybridized carbons (Fsp3) is 0.667. The van der Waals surface area contributed by atoms with Crippen LogP contribution in [0.15, 0.2) is 30.3 Å². The number of methoxy groups -OCH3 is 1. The van der Waals surface area contributed by atoms with Crippen molar-refractivity contribution in [2.75, 3.05) is 13.7 Å². The zero-order chi connectivity index (χ0) is 15.0. The molecular weight excluding hydrogens is 246 g/mol. The Bertz CT molecular complexity index is 359. The van der Waals surface area contributed by atoms with Crippen molar-refractivity contribution in [3.63, 3.8) is 0 Å². The zero-order valence-electron chi connectivity index (χ0n) is 13.8. The fourth-order valence-electron chi connectivity index (χ4n) is 2.28. The van der Waals surface area contributed by atoms with Crippen LogP contribution in [0.5, 0.6) is 0 Å². The first-order chi connectivity index (χ1) is 9.43. The quantitative estimate of drug-likeness (QED) is 0.735. The average Bonchev–Trinajstić information content (AvgIpc) is 2.43. The number of benzene rings is 1. The van der Waals surface area contributed by atoms with Gasteiger partial charge in [-0.2, -0.15) is 0 Å². The highest BCUT2D eigenvalue weighted by molar-refractivity contribution is 5.15. The first kappa shape index (κ1) is 17.2. The van der Waals surface area contributed by atoms with Crippen LogP contribution < -0.4 is 5.32 Å². The van der Waals surface area contributed by atoms with Gasteiger partial charge in [0.05, 0.1) is 5.60 Å². The summed E-state index contributed by atoms with van der Waals surface area (Å²) < 4.78 is 5.54. The third-order valence-electron chi connectivity index (χ3n) is 3.89. The van der Waals surface area contributed by atoms with Crippen LogP contribution >= 0.6 is 0 Å². The predicted octanol–water partition coefficient (Wildman–Crippen LogP) is 4.05. The summed E-state index contributed by atoms with van der Waals surface area (Å²) >= 11 is 0. The van der Waals surface area contributed by atoms with Gasteiger partial charge in [-0.15, -0.1) is 0 Å². The minimum Gasteiger partial charge on any atom is -0.379 e. The zero-order valence-corrected chi connectivity index (χ0v) is 13.8. The summed E-state index contributed by atoms with van der Waals surface area (Å²) in [5.74, 6) is 0.661. The number of nitrogens with one attached hydrogen (secondary N) is 1. The normalized spacial score (nSPS) is 13.7. The second-order valence-electron chi connectivity index (χ2n) is 6.62. The molecule has 1 aromatic rings. The second-order valence-corrected chi connectivity index (χ2v) is 6.62. The molecule has 0 saturated carbocycles. The molecule has 114 valence electrons. The van der Waals surface area contributed by atoms with Gasteiger partial charge in [-0.25, -0.2) is 0 Å². The van der Waals surface area contributed by atoms with Crippen LogP contribution in [0.3, 0.4) is 0 Å². The molecule has 0 amide bonds. The standard InChI is InChI=1S/C18H31NO/c1-15(2)19-14-17(11-12-18(3,4)20-5)13-16-9-7-6-8-10-16/h6-10,15,17,19H,11-14H2,1-5H3. The molecule has 20 heavy (non-hydrogen) atoms. The van der Waals surface area contributed by atoms with Crippen molar-refractivity contribution in [1.82, 2.24) is 5.32 Å². The lowest BCUT2D eigenvalue weighted by Crippen LogP contribution is -2.32. The minimum atomic E-state index is -0.0211. The largest absolute Gasteiger partial charge is 0.379 e. The van der Waals surface area contributed by atoms with Crippen LogP contribution in [0.2, 0.25) is 0 Å². The summed E-state index contributed by atoms with van der Waals surface area (Å²) in [6.07, 6.45) is 3.43.